The molecule has 0 radical (unpaired) electrons. The molecule has 1 aliphatic heterocycles. The van der Waals surface area contributed by atoms with Crippen LogP contribution in [-0.4, -0.2) is 64.9 Å². The summed E-state index contributed by atoms with van der Waals surface area (Å²) in [5.41, 5.74) is 0. The van der Waals surface area contributed by atoms with Crippen LogP contribution in [0.1, 0.15) is 13.3 Å². The highest BCUT2D eigenvalue weighted by Crippen LogP contribution is 2.25. The van der Waals surface area contributed by atoms with E-state index < -0.39 is 28.8 Å². The lowest BCUT2D eigenvalue weighted by molar-refractivity contribution is -0.182. The van der Waals surface area contributed by atoms with Crippen LogP contribution in [0.4, 0.5) is 13.2 Å². The average Bonchev–Trinajstić information content (AvgIpc) is 2.60. The van der Waals surface area contributed by atoms with Gasteiger partial charge in [0.15, 0.2) is 0 Å². The molecule has 1 aromatic carbocycles. The number of rotatable bonds is 8. The van der Waals surface area contributed by atoms with Gasteiger partial charge in [0.05, 0.1) is 11.5 Å². The molecule has 1 atom stereocenters. The second-order valence-electron chi connectivity index (χ2n) is 6.02. The molecule has 26 heavy (non-hydrogen) atoms. The van der Waals surface area contributed by atoms with Crippen molar-refractivity contribution < 1.29 is 26.3 Å². The highest BCUT2D eigenvalue weighted by atomic mass is 32.2. The lowest BCUT2D eigenvalue weighted by Gasteiger charge is -2.35. The van der Waals surface area contributed by atoms with E-state index in [1.54, 1.807) is 0 Å². The van der Waals surface area contributed by atoms with Crippen LogP contribution in [-0.2, 0) is 10.0 Å². The van der Waals surface area contributed by atoms with Gasteiger partial charge < -0.3 is 10.1 Å². The third-order valence-corrected chi connectivity index (χ3v) is 5.48. The van der Waals surface area contributed by atoms with Crippen LogP contribution in [0.3, 0.4) is 0 Å². The van der Waals surface area contributed by atoms with Gasteiger partial charge >= 0.3 is 6.18 Å². The summed E-state index contributed by atoms with van der Waals surface area (Å²) in [4.78, 5) is 1.16. The van der Waals surface area contributed by atoms with Crippen molar-refractivity contribution in [2.75, 3.05) is 39.3 Å². The number of ether oxygens (including phenoxy) is 1. The molecule has 0 spiro atoms. The number of alkyl halides is 3. The second kappa shape index (κ2) is 9.03. The number of hydrogen-bond acceptors (Lipinski definition) is 5. The van der Waals surface area contributed by atoms with Gasteiger partial charge in [0.2, 0.25) is 10.0 Å². The number of piperazine rings is 1. The summed E-state index contributed by atoms with van der Waals surface area (Å²) < 4.78 is 72.1. The Kier molecular flexibility index (Phi) is 7.27. The van der Waals surface area contributed by atoms with Gasteiger partial charge in [0, 0.05) is 32.7 Å². The van der Waals surface area contributed by atoms with Crippen LogP contribution in [0.2, 0.25) is 0 Å². The monoisotopic (exact) mass is 395 g/mol. The number of sulfonamides is 1. The summed E-state index contributed by atoms with van der Waals surface area (Å²) in [7, 11) is -4.04. The Hall–Kier alpha value is -1.36. The first kappa shape index (κ1) is 20.9. The van der Waals surface area contributed by atoms with Crippen molar-refractivity contribution in [3.8, 4) is 5.75 Å². The zero-order valence-electron chi connectivity index (χ0n) is 14.6. The first-order valence-corrected chi connectivity index (χ1v) is 9.96. The van der Waals surface area contributed by atoms with Crippen LogP contribution in [0.5, 0.6) is 5.75 Å². The van der Waals surface area contributed by atoms with Gasteiger partial charge in [-0.05, 0) is 30.7 Å². The first-order chi connectivity index (χ1) is 12.2. The molecule has 6 nitrogen and oxygen atoms in total. The van der Waals surface area contributed by atoms with Gasteiger partial charge in [-0.15, -0.1) is 0 Å². The molecule has 1 fully saturated rings. The molecule has 1 saturated heterocycles. The van der Waals surface area contributed by atoms with E-state index in [1.807, 2.05) is 6.92 Å². The molecule has 10 heteroatoms. The number of nitrogens with one attached hydrogen (secondary N) is 2. The van der Waals surface area contributed by atoms with Crippen LogP contribution < -0.4 is 14.8 Å². The molecule has 0 aliphatic carbocycles. The number of nitrogens with zero attached hydrogens (tertiary/aromatic N) is 1. The summed E-state index contributed by atoms with van der Waals surface area (Å²) in [5.74, 6) is 0.514. The standard InChI is InChI=1S/C16H24F3N3O3S/c1-2-11-25-13-3-5-14(6-4-13)26(23,24)21-12-15(16(17,18)19)22-9-7-20-8-10-22/h3-6,15,20-21H,2,7-12H2,1H3. The number of halogens is 3. The molecule has 0 aromatic heterocycles. The minimum Gasteiger partial charge on any atom is -0.494 e. The summed E-state index contributed by atoms with van der Waals surface area (Å²) in [6.07, 6.45) is -3.70. The largest absolute Gasteiger partial charge is 0.494 e. The Balaban J connectivity index is 2.04. The Bertz CT molecular complexity index is 660. The molecule has 148 valence electrons. The maximum Gasteiger partial charge on any atom is 0.405 e. The predicted octanol–water partition coefficient (Wildman–Crippen LogP) is 1.59. The van der Waals surface area contributed by atoms with Gasteiger partial charge in [-0.2, -0.15) is 13.2 Å². The predicted molar refractivity (Wildman–Crippen MR) is 91.7 cm³/mol. The molecule has 0 bridgehead atoms. The normalized spacial score (nSPS) is 17.8. The molecule has 1 aromatic rings. The molecule has 1 aliphatic rings. The van der Waals surface area contributed by atoms with E-state index in [-0.39, 0.29) is 18.0 Å². The van der Waals surface area contributed by atoms with Crippen molar-refractivity contribution >= 4 is 10.0 Å². The van der Waals surface area contributed by atoms with Crippen molar-refractivity contribution in [1.82, 2.24) is 14.9 Å². The Morgan fingerprint density at radius 3 is 2.38 bits per heavy atom. The zero-order chi connectivity index (χ0) is 19.2. The molecule has 2 rings (SSSR count). The fourth-order valence-electron chi connectivity index (χ4n) is 2.65. The van der Waals surface area contributed by atoms with Crippen LogP contribution in [0.15, 0.2) is 29.2 Å². The van der Waals surface area contributed by atoms with E-state index in [4.69, 9.17) is 4.74 Å². The van der Waals surface area contributed by atoms with Crippen molar-refractivity contribution in [3.63, 3.8) is 0 Å². The molecule has 2 N–H and O–H groups in total. The van der Waals surface area contributed by atoms with Gasteiger partial charge in [-0.3, -0.25) is 4.90 Å². The van der Waals surface area contributed by atoms with E-state index in [1.165, 1.54) is 29.2 Å². The third kappa shape index (κ3) is 5.83. The van der Waals surface area contributed by atoms with Gasteiger partial charge in [0.1, 0.15) is 11.8 Å². The van der Waals surface area contributed by atoms with E-state index >= 15 is 0 Å². The van der Waals surface area contributed by atoms with E-state index in [0.29, 0.717) is 25.4 Å². The van der Waals surface area contributed by atoms with Gasteiger partial charge in [-0.25, -0.2) is 13.1 Å². The summed E-state index contributed by atoms with van der Waals surface area (Å²) in [6, 6.07) is 3.76. The smallest absolute Gasteiger partial charge is 0.405 e. The second-order valence-corrected chi connectivity index (χ2v) is 7.78. The van der Waals surface area contributed by atoms with Crippen LogP contribution in [0.25, 0.3) is 0 Å². The molecule has 1 unspecified atom stereocenters. The maximum absolute atomic E-state index is 13.3. The van der Waals surface area contributed by atoms with E-state index in [9.17, 15) is 21.6 Å². The first-order valence-electron chi connectivity index (χ1n) is 8.48. The Morgan fingerprint density at radius 2 is 1.85 bits per heavy atom. The summed E-state index contributed by atoms with van der Waals surface area (Å²) >= 11 is 0. The summed E-state index contributed by atoms with van der Waals surface area (Å²) in [6.45, 7) is 3.04. The van der Waals surface area contributed by atoms with Crippen molar-refractivity contribution in [3.05, 3.63) is 24.3 Å². The van der Waals surface area contributed by atoms with E-state index in [2.05, 4.69) is 10.0 Å². The Morgan fingerprint density at radius 1 is 1.23 bits per heavy atom. The Labute approximate surface area is 151 Å². The average molecular weight is 395 g/mol. The lowest BCUT2D eigenvalue weighted by Crippen LogP contribution is -2.57. The van der Waals surface area contributed by atoms with E-state index in [0.717, 1.165) is 6.42 Å². The topological polar surface area (TPSA) is 70.7 Å². The SMILES string of the molecule is CCCOc1ccc(S(=O)(=O)NCC(N2CCNCC2)C(F)(F)F)cc1. The number of hydrogen-bond donors (Lipinski definition) is 2. The third-order valence-electron chi connectivity index (χ3n) is 4.04. The zero-order valence-corrected chi connectivity index (χ0v) is 15.4. The molecule has 1 heterocycles. The van der Waals surface area contributed by atoms with Gasteiger partial charge in [-0.1, -0.05) is 6.92 Å². The maximum atomic E-state index is 13.3. The number of benzene rings is 1. The summed E-state index contributed by atoms with van der Waals surface area (Å²) in [5, 5.41) is 2.98. The minimum atomic E-state index is -4.52. The fraction of sp³-hybridized carbons (Fsp3) is 0.625. The van der Waals surface area contributed by atoms with Crippen LogP contribution in [0, 0.1) is 0 Å². The molecule has 0 amide bonds. The lowest BCUT2D eigenvalue weighted by atomic mass is 10.2. The fourth-order valence-corrected chi connectivity index (χ4v) is 3.69. The molecule has 0 saturated carbocycles. The minimum absolute atomic E-state index is 0.0948. The quantitative estimate of drug-likeness (QED) is 0.700. The highest BCUT2D eigenvalue weighted by molar-refractivity contribution is 7.89. The van der Waals surface area contributed by atoms with Crippen molar-refractivity contribution in [2.24, 2.45) is 0 Å². The van der Waals surface area contributed by atoms with Gasteiger partial charge in [0.25, 0.3) is 0 Å². The van der Waals surface area contributed by atoms with Crippen molar-refractivity contribution in [1.29, 1.82) is 0 Å². The highest BCUT2D eigenvalue weighted by Gasteiger charge is 2.44. The molecular weight excluding hydrogens is 371 g/mol. The molecular formula is C16H24F3N3O3S. The van der Waals surface area contributed by atoms with Crippen molar-refractivity contribution in [2.45, 2.75) is 30.5 Å². The van der Waals surface area contributed by atoms with Crippen LogP contribution >= 0.6 is 0 Å².